The van der Waals surface area contributed by atoms with E-state index in [1.807, 2.05) is 53.4 Å². The van der Waals surface area contributed by atoms with Crippen LogP contribution in [0.2, 0.25) is 0 Å². The second-order valence-electron chi connectivity index (χ2n) is 9.58. The van der Waals surface area contributed by atoms with Crippen LogP contribution >= 0.6 is 0 Å². The minimum atomic E-state index is -0.475. The second kappa shape index (κ2) is 9.46. The highest BCUT2D eigenvalue weighted by molar-refractivity contribution is 6.02. The SMILES string of the molecule is O=C(Nc1ccc2n(c1=O)C[C@@H]1C[C@@H]2CN(C(=O)c2ccc(-c3ccccc3)cc2)C1)c1cnccn1. The number of piperidine rings is 1. The van der Waals surface area contributed by atoms with Crippen molar-refractivity contribution in [3.63, 3.8) is 0 Å². The van der Waals surface area contributed by atoms with Crippen LogP contribution < -0.4 is 10.9 Å². The molecule has 2 aromatic carbocycles. The number of carbonyl (C=O) groups excluding carboxylic acids is 2. The molecule has 1 fully saturated rings. The molecule has 0 spiro atoms. The van der Waals surface area contributed by atoms with Gasteiger partial charge in [-0.2, -0.15) is 0 Å². The summed E-state index contributed by atoms with van der Waals surface area (Å²) in [5.41, 5.74) is 3.88. The highest BCUT2D eigenvalue weighted by Gasteiger charge is 2.37. The molecule has 2 bridgehead atoms. The van der Waals surface area contributed by atoms with E-state index in [2.05, 4.69) is 27.4 Å². The van der Waals surface area contributed by atoms with Crippen molar-refractivity contribution in [2.24, 2.45) is 5.92 Å². The molecule has 1 N–H and O–H groups in total. The number of nitrogens with one attached hydrogen (secondary N) is 1. The molecule has 0 unspecified atom stereocenters. The number of likely N-dealkylation sites (tertiary alicyclic amines) is 1. The second-order valence-corrected chi connectivity index (χ2v) is 9.58. The number of carbonyl (C=O) groups is 2. The van der Waals surface area contributed by atoms with Gasteiger partial charge in [-0.1, -0.05) is 42.5 Å². The van der Waals surface area contributed by atoms with Crippen molar-refractivity contribution in [1.82, 2.24) is 19.4 Å². The van der Waals surface area contributed by atoms with E-state index in [9.17, 15) is 14.4 Å². The Morgan fingerprint density at radius 1 is 0.865 bits per heavy atom. The van der Waals surface area contributed by atoms with Gasteiger partial charge in [0, 0.05) is 49.2 Å². The molecule has 37 heavy (non-hydrogen) atoms. The average molecular weight is 492 g/mol. The number of hydrogen-bond donors (Lipinski definition) is 1. The van der Waals surface area contributed by atoms with Crippen molar-refractivity contribution in [1.29, 1.82) is 0 Å². The van der Waals surface area contributed by atoms with E-state index in [0.717, 1.165) is 23.2 Å². The Bertz CT molecular complexity index is 1520. The van der Waals surface area contributed by atoms with E-state index < -0.39 is 5.91 Å². The first kappa shape index (κ1) is 22.8. The van der Waals surface area contributed by atoms with Crippen LogP contribution in [0.5, 0.6) is 0 Å². The number of hydrogen-bond acceptors (Lipinski definition) is 5. The van der Waals surface area contributed by atoms with E-state index in [1.165, 1.54) is 18.6 Å². The lowest BCUT2D eigenvalue weighted by atomic mass is 9.83. The van der Waals surface area contributed by atoms with Gasteiger partial charge >= 0.3 is 0 Å². The normalized spacial score (nSPS) is 18.1. The predicted octanol–water partition coefficient (Wildman–Crippen LogP) is 3.82. The summed E-state index contributed by atoms with van der Waals surface area (Å²) in [5.74, 6) is -0.227. The van der Waals surface area contributed by atoms with Gasteiger partial charge in [0.2, 0.25) is 0 Å². The minimum Gasteiger partial charge on any atom is -0.338 e. The molecule has 0 radical (unpaired) electrons. The molecule has 4 heterocycles. The smallest absolute Gasteiger partial charge is 0.276 e. The van der Waals surface area contributed by atoms with Gasteiger partial charge in [0.1, 0.15) is 11.4 Å². The van der Waals surface area contributed by atoms with E-state index in [-0.39, 0.29) is 34.7 Å². The molecular formula is C29H25N5O3. The monoisotopic (exact) mass is 491 g/mol. The molecule has 2 amide bonds. The molecule has 2 aliphatic heterocycles. The van der Waals surface area contributed by atoms with Gasteiger partial charge in [0.25, 0.3) is 17.4 Å². The zero-order chi connectivity index (χ0) is 25.4. The Hall–Kier alpha value is -4.59. The van der Waals surface area contributed by atoms with Crippen LogP contribution in [0.15, 0.2) is 90.1 Å². The van der Waals surface area contributed by atoms with Gasteiger partial charge in [-0.3, -0.25) is 19.4 Å². The molecule has 2 atom stereocenters. The van der Waals surface area contributed by atoms with Crippen LogP contribution in [0.25, 0.3) is 11.1 Å². The minimum absolute atomic E-state index is 0.0120. The maximum Gasteiger partial charge on any atom is 0.276 e. The molecule has 8 nitrogen and oxygen atoms in total. The summed E-state index contributed by atoms with van der Waals surface area (Å²) >= 11 is 0. The quantitative estimate of drug-likeness (QED) is 0.468. The number of aromatic nitrogens is 3. The first-order chi connectivity index (χ1) is 18.1. The number of anilines is 1. The van der Waals surface area contributed by atoms with Gasteiger partial charge in [-0.05, 0) is 47.7 Å². The summed E-state index contributed by atoms with van der Waals surface area (Å²) in [6.45, 7) is 1.66. The fourth-order valence-corrected chi connectivity index (χ4v) is 5.43. The Kier molecular flexibility index (Phi) is 5.84. The van der Waals surface area contributed by atoms with Crippen LogP contribution in [0.4, 0.5) is 5.69 Å². The lowest BCUT2D eigenvalue weighted by Crippen LogP contribution is -2.49. The number of nitrogens with zero attached hydrogens (tertiary/aromatic N) is 4. The highest BCUT2D eigenvalue weighted by Crippen LogP contribution is 2.36. The summed E-state index contributed by atoms with van der Waals surface area (Å²) < 4.78 is 1.75. The van der Waals surface area contributed by atoms with Gasteiger partial charge in [0.15, 0.2) is 0 Å². The molecule has 0 aliphatic carbocycles. The maximum absolute atomic E-state index is 13.4. The number of benzene rings is 2. The molecule has 6 rings (SSSR count). The van der Waals surface area contributed by atoms with E-state index in [1.54, 1.807) is 10.6 Å². The van der Waals surface area contributed by atoms with E-state index in [4.69, 9.17) is 0 Å². The highest BCUT2D eigenvalue weighted by atomic mass is 16.2. The van der Waals surface area contributed by atoms with Crippen molar-refractivity contribution in [2.45, 2.75) is 18.9 Å². The molecule has 184 valence electrons. The fourth-order valence-electron chi connectivity index (χ4n) is 5.43. The first-order valence-corrected chi connectivity index (χ1v) is 12.3. The third-order valence-corrected chi connectivity index (χ3v) is 7.17. The molecule has 2 aromatic heterocycles. The molecule has 1 saturated heterocycles. The molecular weight excluding hydrogens is 466 g/mol. The van der Waals surface area contributed by atoms with Crippen molar-refractivity contribution < 1.29 is 9.59 Å². The summed E-state index contributed by atoms with van der Waals surface area (Å²) in [6, 6.07) is 21.4. The topological polar surface area (TPSA) is 97.2 Å². The summed E-state index contributed by atoms with van der Waals surface area (Å²) in [5, 5.41) is 2.67. The Labute approximate surface area is 213 Å². The third-order valence-electron chi connectivity index (χ3n) is 7.17. The van der Waals surface area contributed by atoms with Crippen molar-refractivity contribution in [3.05, 3.63) is 113 Å². The van der Waals surface area contributed by atoms with E-state index in [0.29, 0.717) is 25.2 Å². The van der Waals surface area contributed by atoms with Crippen LogP contribution in [0, 0.1) is 5.92 Å². The van der Waals surface area contributed by atoms with Crippen LogP contribution in [-0.4, -0.2) is 44.3 Å². The summed E-state index contributed by atoms with van der Waals surface area (Å²) in [4.78, 5) is 48.9. The van der Waals surface area contributed by atoms with Gasteiger partial charge < -0.3 is 14.8 Å². The third kappa shape index (κ3) is 4.42. The summed E-state index contributed by atoms with van der Waals surface area (Å²) in [6.07, 6.45) is 5.20. The van der Waals surface area contributed by atoms with Crippen LogP contribution in [-0.2, 0) is 6.54 Å². The predicted molar refractivity (Wildman–Crippen MR) is 139 cm³/mol. The Morgan fingerprint density at radius 2 is 1.65 bits per heavy atom. The number of fused-ring (bicyclic) bond motifs is 4. The molecule has 0 saturated carbocycles. The van der Waals surface area contributed by atoms with Crippen molar-refractivity contribution >= 4 is 17.5 Å². The van der Waals surface area contributed by atoms with Gasteiger partial charge in [-0.15, -0.1) is 0 Å². The standard InChI is InChI=1S/C29H25N5O3/c35-27(25-15-30-12-13-31-25)32-24-10-11-26-23-14-19(17-34(26)29(24)37)16-33(18-23)28(36)22-8-6-21(7-9-22)20-4-2-1-3-5-20/h1-13,15,19,23H,14,16-18H2,(H,32,35)/t19-,23-/m1/s1. The zero-order valence-corrected chi connectivity index (χ0v) is 20.1. The van der Waals surface area contributed by atoms with Crippen LogP contribution in [0.3, 0.4) is 0 Å². The van der Waals surface area contributed by atoms with Crippen molar-refractivity contribution in [2.75, 3.05) is 18.4 Å². The largest absolute Gasteiger partial charge is 0.338 e. The van der Waals surface area contributed by atoms with E-state index >= 15 is 0 Å². The number of rotatable bonds is 4. The first-order valence-electron chi connectivity index (χ1n) is 12.3. The van der Waals surface area contributed by atoms with Crippen LogP contribution in [0.1, 0.15) is 38.9 Å². The van der Waals surface area contributed by atoms with Gasteiger partial charge in [0.05, 0.1) is 6.20 Å². The lowest BCUT2D eigenvalue weighted by Gasteiger charge is -2.43. The van der Waals surface area contributed by atoms with Gasteiger partial charge in [-0.25, -0.2) is 4.98 Å². The zero-order valence-electron chi connectivity index (χ0n) is 20.1. The molecule has 4 aromatic rings. The van der Waals surface area contributed by atoms with Crippen molar-refractivity contribution in [3.8, 4) is 11.1 Å². The lowest BCUT2D eigenvalue weighted by molar-refractivity contribution is 0.0594. The number of amides is 2. The average Bonchev–Trinajstić information content (AvgIpc) is 2.95. The molecule has 8 heteroatoms. The number of pyridine rings is 1. The Morgan fingerprint density at radius 3 is 2.41 bits per heavy atom. The fraction of sp³-hybridized carbons (Fsp3) is 0.207. The maximum atomic E-state index is 13.4. The molecule has 2 aliphatic rings. The summed E-state index contributed by atoms with van der Waals surface area (Å²) in [7, 11) is 0. The Balaban J connectivity index is 1.19.